The maximum atomic E-state index is 9.93. The van der Waals surface area contributed by atoms with E-state index in [1.165, 1.54) is 162 Å². The minimum absolute atomic E-state index is 0. The molecular formula is C63H108N2Ni. The van der Waals surface area contributed by atoms with Gasteiger partial charge in [-0.2, -0.15) is 12.8 Å². The van der Waals surface area contributed by atoms with Crippen LogP contribution in [0.1, 0.15) is 300 Å². The van der Waals surface area contributed by atoms with Crippen molar-refractivity contribution in [2.45, 2.75) is 294 Å². The molecule has 2 nitrogen and oxygen atoms in total. The number of allylic oxidation sites excluding steroid dienone is 2. The molecule has 0 unspecified atom stereocenters. The van der Waals surface area contributed by atoms with Gasteiger partial charge in [0.2, 0.25) is 0 Å². The second-order valence-corrected chi connectivity index (χ2v) is 19.1. The first-order valence-corrected chi connectivity index (χ1v) is 28.4. The molecule has 2 aromatic carbocycles. The van der Waals surface area contributed by atoms with Gasteiger partial charge in [0.1, 0.15) is 0 Å². The van der Waals surface area contributed by atoms with Crippen molar-refractivity contribution in [1.82, 2.24) is 0 Å². The molecule has 66 heavy (non-hydrogen) atoms. The summed E-state index contributed by atoms with van der Waals surface area (Å²) in [6, 6.07) is 10.3. The van der Waals surface area contributed by atoms with Crippen molar-refractivity contribution in [3.8, 4) is 0 Å². The number of hydrogen-bond donors (Lipinski definition) is 0. The van der Waals surface area contributed by atoms with E-state index in [-0.39, 0.29) is 16.5 Å². The van der Waals surface area contributed by atoms with Gasteiger partial charge in [0.15, 0.2) is 0 Å². The van der Waals surface area contributed by atoms with Gasteiger partial charge in [-0.15, -0.1) is 4.79 Å². The van der Waals surface area contributed by atoms with Crippen LogP contribution in [0, 0.1) is 13.8 Å². The van der Waals surface area contributed by atoms with E-state index in [4.69, 9.17) is 0 Å². The van der Waals surface area contributed by atoms with Gasteiger partial charge in [-0.25, -0.2) is 0 Å². The summed E-state index contributed by atoms with van der Waals surface area (Å²) >= 11 is 0. The summed E-state index contributed by atoms with van der Waals surface area (Å²) in [5.74, 6) is 3.13. The first kappa shape index (κ1) is 65.9. The Labute approximate surface area is 423 Å². The van der Waals surface area contributed by atoms with E-state index < -0.39 is 0 Å². The van der Waals surface area contributed by atoms with Gasteiger partial charge in [-0.05, 0) is 139 Å². The number of unbranched alkanes of at least 4 members (excludes halogenated alkanes) is 17. The standard InChI is InChI=1S/C45H70N2.2C9H19.Ni/c1-9-17-25-37-32-41(33-38(26-18-10-2)43(37)28-20-12-4)45(44(29-21-13-5)39(34-47-46)27-19-11-3)40-30-35(22-14-6)42(24-16-8)36(31-40)23-15-7;2*1-3-5-7-9-8-6-4-2;/h30-33H,9-29H2,1-8H3;2*1,3-9H2,2H3;/q;2*-1;+2. The number of rotatable bonds is 36. The van der Waals surface area contributed by atoms with Gasteiger partial charge in [0.25, 0.3) is 0 Å². The molecule has 0 aliphatic carbocycles. The summed E-state index contributed by atoms with van der Waals surface area (Å²) in [4.78, 5) is 3.56. The zero-order valence-electron chi connectivity index (χ0n) is 45.7. The Morgan fingerprint density at radius 3 is 1.14 bits per heavy atom. The molecule has 0 saturated heterocycles. The molecule has 0 saturated carbocycles. The van der Waals surface area contributed by atoms with Crippen LogP contribution in [0.25, 0.3) is 11.1 Å². The molecule has 380 valence electrons. The number of benzene rings is 2. The molecule has 0 spiro atoms. The molecule has 0 radical (unpaired) electrons. The van der Waals surface area contributed by atoms with E-state index >= 15 is 0 Å². The van der Waals surface area contributed by atoms with Crippen LogP contribution in [0.2, 0.25) is 0 Å². The van der Waals surface area contributed by atoms with Gasteiger partial charge in [-0.1, -0.05) is 222 Å². The molecule has 0 atom stereocenters. The van der Waals surface area contributed by atoms with Crippen LogP contribution < -0.4 is 0 Å². The molecule has 0 aliphatic rings. The van der Waals surface area contributed by atoms with Crippen molar-refractivity contribution >= 4 is 11.4 Å². The molecule has 0 amide bonds. The van der Waals surface area contributed by atoms with Crippen LogP contribution in [0.15, 0.2) is 35.4 Å². The van der Waals surface area contributed by atoms with E-state index in [0.29, 0.717) is 0 Å². The summed E-state index contributed by atoms with van der Waals surface area (Å²) in [5, 5.41) is 0. The maximum Gasteiger partial charge on any atom is 2.00 e. The second-order valence-electron chi connectivity index (χ2n) is 19.1. The minimum Gasteiger partial charge on any atom is -0.348 e. The van der Waals surface area contributed by atoms with Gasteiger partial charge in [0.05, 0.1) is 5.57 Å². The summed E-state index contributed by atoms with van der Waals surface area (Å²) in [5.41, 5.74) is 25.9. The predicted octanol–water partition coefficient (Wildman–Crippen LogP) is 20.7. The van der Waals surface area contributed by atoms with E-state index in [1.807, 2.05) is 0 Å². The first-order valence-electron chi connectivity index (χ1n) is 28.4. The van der Waals surface area contributed by atoms with E-state index in [9.17, 15) is 5.53 Å². The van der Waals surface area contributed by atoms with Crippen molar-refractivity contribution in [3.05, 3.63) is 99.3 Å². The SMILES string of the molecule is CCCCC(=C=[N+]=[N-])C(CCCC)=C(c1cc(CCC)c(CCC)c(CCC)c1)c1cc(CCCC)c(CCCC)c(CCCC)c1.[CH2-]CCCCCCCC.[CH2-]CCCCCCCC.[Ni+2]. The van der Waals surface area contributed by atoms with Gasteiger partial charge < -0.3 is 19.4 Å². The quantitative estimate of drug-likeness (QED) is 0.0124. The Hall–Kier alpha value is -2.17. The Balaban J connectivity index is 0. The minimum atomic E-state index is 0. The molecule has 0 aromatic heterocycles. The van der Waals surface area contributed by atoms with Crippen LogP contribution in [-0.2, 0) is 55.0 Å². The van der Waals surface area contributed by atoms with Gasteiger partial charge in [0, 0.05) is 0 Å². The zero-order chi connectivity index (χ0) is 48.3. The molecule has 3 heteroatoms. The van der Waals surface area contributed by atoms with Gasteiger partial charge in [-0.3, -0.25) is 0 Å². The average Bonchev–Trinajstić information content (AvgIpc) is 3.31. The first-order chi connectivity index (χ1) is 31.8. The summed E-state index contributed by atoms with van der Waals surface area (Å²) in [7, 11) is 0. The molecule has 0 aliphatic heterocycles. The maximum absolute atomic E-state index is 9.93. The molecule has 0 N–H and O–H groups in total. The Morgan fingerprint density at radius 2 is 0.758 bits per heavy atom. The molecule has 0 bridgehead atoms. The molecular weight excluding hydrogens is 843 g/mol. The Morgan fingerprint density at radius 1 is 0.409 bits per heavy atom. The summed E-state index contributed by atoms with van der Waals surface area (Å²) in [6.45, 7) is 30.6. The third kappa shape index (κ3) is 28.4. The van der Waals surface area contributed by atoms with E-state index in [2.05, 4.69) is 118 Å². The molecule has 0 fully saturated rings. The van der Waals surface area contributed by atoms with Gasteiger partial charge >= 0.3 is 22.4 Å². The van der Waals surface area contributed by atoms with E-state index in [1.54, 1.807) is 22.3 Å². The predicted molar refractivity (Wildman–Crippen MR) is 295 cm³/mol. The Kier molecular flexibility index (Phi) is 46.5. The van der Waals surface area contributed by atoms with E-state index in [0.717, 1.165) is 102 Å². The number of hydrogen-bond acceptors (Lipinski definition) is 0. The fraction of sp³-hybridized carbons (Fsp3) is 0.714. The van der Waals surface area contributed by atoms with Crippen LogP contribution in [0.4, 0.5) is 0 Å². The Bertz CT molecular complexity index is 1490. The topological polar surface area (TPSA) is 36.4 Å². The summed E-state index contributed by atoms with van der Waals surface area (Å²) in [6.07, 6.45) is 42.9. The monoisotopic (exact) mass is 951 g/mol. The van der Waals surface area contributed by atoms with Crippen molar-refractivity contribution in [2.75, 3.05) is 0 Å². The van der Waals surface area contributed by atoms with Crippen LogP contribution in [0.3, 0.4) is 0 Å². The number of aryl methyl sites for hydroxylation is 4. The largest absolute Gasteiger partial charge is 2.00 e. The molecule has 2 aromatic rings. The smallest absolute Gasteiger partial charge is 0.348 e. The molecule has 2 rings (SSSR count). The van der Waals surface area contributed by atoms with Crippen LogP contribution in [0.5, 0.6) is 0 Å². The van der Waals surface area contributed by atoms with Crippen LogP contribution >= 0.6 is 0 Å². The average molecular weight is 952 g/mol. The second kappa shape index (κ2) is 46.6. The van der Waals surface area contributed by atoms with Crippen molar-refractivity contribution in [1.29, 1.82) is 0 Å². The fourth-order valence-electron chi connectivity index (χ4n) is 9.19. The third-order valence-corrected chi connectivity index (χ3v) is 13.0. The fourth-order valence-corrected chi connectivity index (χ4v) is 9.19. The van der Waals surface area contributed by atoms with Crippen molar-refractivity contribution < 1.29 is 21.3 Å². The molecule has 0 heterocycles. The van der Waals surface area contributed by atoms with Crippen molar-refractivity contribution in [3.63, 3.8) is 0 Å². The third-order valence-electron chi connectivity index (χ3n) is 13.0. The number of nitrogens with zero attached hydrogens (tertiary/aromatic N) is 2. The van der Waals surface area contributed by atoms with Crippen LogP contribution in [-0.4, -0.2) is 10.7 Å². The summed E-state index contributed by atoms with van der Waals surface area (Å²) < 4.78 is 0. The van der Waals surface area contributed by atoms with Crippen molar-refractivity contribution in [2.24, 2.45) is 0 Å². The zero-order valence-corrected chi connectivity index (χ0v) is 46.7. The normalized spacial score (nSPS) is 11.1.